The van der Waals surface area contributed by atoms with Crippen molar-refractivity contribution in [3.63, 3.8) is 0 Å². The molecule has 37 heavy (non-hydrogen) atoms. The van der Waals surface area contributed by atoms with E-state index in [9.17, 15) is 24.3 Å². The van der Waals surface area contributed by atoms with E-state index < -0.39 is 54.5 Å². The normalized spacial score (nSPS) is 14.1. The number of aromatic amines is 1. The van der Waals surface area contributed by atoms with Gasteiger partial charge in [-0.2, -0.15) is 0 Å². The first kappa shape index (κ1) is 29.1. The molecule has 202 valence electrons. The molecule has 3 amide bonds. The Bertz CT molecular complexity index is 1130. The molecule has 0 aliphatic carbocycles. The fourth-order valence-corrected chi connectivity index (χ4v) is 3.59. The summed E-state index contributed by atoms with van der Waals surface area (Å²) in [7, 11) is 0. The van der Waals surface area contributed by atoms with E-state index >= 15 is 0 Å². The van der Waals surface area contributed by atoms with Gasteiger partial charge in [-0.1, -0.05) is 18.2 Å². The highest BCUT2D eigenvalue weighted by Gasteiger charge is 2.31. The van der Waals surface area contributed by atoms with Crippen molar-refractivity contribution in [3.8, 4) is 0 Å². The molecular weight excluding hydrogens is 484 g/mol. The number of aliphatic hydroxyl groups excluding tert-OH is 1. The summed E-state index contributed by atoms with van der Waals surface area (Å²) < 4.78 is 0. The number of fused-ring (bicyclic) bond motifs is 1. The molecule has 1 aromatic carbocycles. The molecule has 0 saturated heterocycles. The van der Waals surface area contributed by atoms with Gasteiger partial charge in [-0.05, 0) is 31.4 Å². The highest BCUT2D eigenvalue weighted by atomic mass is 16.4. The quantitative estimate of drug-likeness (QED) is 0.0735. The smallest absolute Gasteiger partial charge is 0.322 e. The van der Waals surface area contributed by atoms with Crippen LogP contribution in [0.4, 0.5) is 0 Å². The van der Waals surface area contributed by atoms with Gasteiger partial charge in [0.2, 0.25) is 17.7 Å². The summed E-state index contributed by atoms with van der Waals surface area (Å²) in [5.74, 6) is -3.62. The van der Waals surface area contributed by atoms with Crippen molar-refractivity contribution in [1.29, 1.82) is 0 Å². The lowest BCUT2D eigenvalue weighted by Crippen LogP contribution is -2.59. The van der Waals surface area contributed by atoms with Gasteiger partial charge < -0.3 is 48.3 Å². The van der Waals surface area contributed by atoms with Crippen molar-refractivity contribution >= 4 is 40.6 Å². The molecule has 0 fully saturated rings. The molecule has 4 unspecified atom stereocenters. The molecule has 2 aromatic rings. The van der Waals surface area contributed by atoms with E-state index in [4.69, 9.17) is 22.3 Å². The number of aromatic nitrogens is 1. The van der Waals surface area contributed by atoms with E-state index in [0.29, 0.717) is 6.42 Å². The third kappa shape index (κ3) is 9.09. The molecule has 0 aliphatic heterocycles. The average Bonchev–Trinajstić information content (AvgIpc) is 3.25. The Kier molecular flexibility index (Phi) is 10.8. The number of benzene rings is 1. The SMILES string of the molecule is CC(O)C(NC(=O)C(Cc1c[nH]c2ccccc12)NC(=O)C(N)CCCN=C(N)N)C(=O)NCC(=O)O. The number of carboxylic acid groups (broad SMARTS) is 1. The van der Waals surface area contributed by atoms with Gasteiger partial charge in [0, 0.05) is 30.1 Å². The Labute approximate surface area is 213 Å². The number of carboxylic acids is 1. The van der Waals surface area contributed by atoms with Gasteiger partial charge in [-0.3, -0.25) is 24.2 Å². The first-order valence-corrected chi connectivity index (χ1v) is 11.6. The highest BCUT2D eigenvalue weighted by Crippen LogP contribution is 2.19. The number of nitrogens with zero attached hydrogens (tertiary/aromatic N) is 1. The van der Waals surface area contributed by atoms with Crippen LogP contribution in [0.5, 0.6) is 0 Å². The van der Waals surface area contributed by atoms with Crippen molar-refractivity contribution in [1.82, 2.24) is 20.9 Å². The number of hydrogen-bond donors (Lipinski definition) is 9. The van der Waals surface area contributed by atoms with Crippen LogP contribution in [0.1, 0.15) is 25.3 Å². The Morgan fingerprint density at radius 3 is 2.43 bits per heavy atom. The summed E-state index contributed by atoms with van der Waals surface area (Å²) in [6, 6.07) is 3.81. The Balaban J connectivity index is 2.20. The molecule has 14 heteroatoms. The number of carbonyl (C=O) groups excluding carboxylic acids is 3. The fourth-order valence-electron chi connectivity index (χ4n) is 3.59. The van der Waals surface area contributed by atoms with Crippen LogP contribution < -0.4 is 33.2 Å². The van der Waals surface area contributed by atoms with Crippen molar-refractivity contribution < 1.29 is 29.4 Å². The Hall–Kier alpha value is -4.17. The van der Waals surface area contributed by atoms with Gasteiger partial charge in [-0.25, -0.2) is 0 Å². The molecule has 0 spiro atoms. The number of carbonyl (C=O) groups is 4. The van der Waals surface area contributed by atoms with Crippen molar-refractivity contribution in [3.05, 3.63) is 36.0 Å². The van der Waals surface area contributed by atoms with E-state index in [-0.39, 0.29) is 25.3 Å². The second-order valence-corrected chi connectivity index (χ2v) is 8.52. The number of nitrogens with one attached hydrogen (secondary N) is 4. The highest BCUT2D eigenvalue weighted by molar-refractivity contribution is 5.94. The second-order valence-electron chi connectivity index (χ2n) is 8.52. The Morgan fingerprint density at radius 1 is 1.08 bits per heavy atom. The fraction of sp³-hybridized carbons (Fsp3) is 0.435. The largest absolute Gasteiger partial charge is 0.480 e. The predicted octanol–water partition coefficient (Wildman–Crippen LogP) is -2.36. The first-order chi connectivity index (χ1) is 17.5. The molecule has 0 radical (unpaired) electrons. The lowest BCUT2D eigenvalue weighted by atomic mass is 10.0. The number of hydrogen-bond acceptors (Lipinski definition) is 7. The molecule has 0 saturated carbocycles. The first-order valence-electron chi connectivity index (χ1n) is 11.6. The van der Waals surface area contributed by atoms with Crippen LogP contribution in [0.3, 0.4) is 0 Å². The van der Waals surface area contributed by atoms with Crippen LogP contribution in [0, 0.1) is 0 Å². The van der Waals surface area contributed by atoms with E-state index in [2.05, 4.69) is 25.9 Å². The summed E-state index contributed by atoms with van der Waals surface area (Å²) in [5.41, 5.74) is 18.1. The van der Waals surface area contributed by atoms with Crippen LogP contribution in [-0.2, 0) is 25.6 Å². The van der Waals surface area contributed by atoms with Crippen LogP contribution in [0.2, 0.25) is 0 Å². The third-order valence-corrected chi connectivity index (χ3v) is 5.51. The third-order valence-electron chi connectivity index (χ3n) is 5.51. The van der Waals surface area contributed by atoms with Crippen LogP contribution in [0.25, 0.3) is 10.9 Å². The molecular formula is C23H34N8O6. The van der Waals surface area contributed by atoms with E-state index in [1.807, 2.05) is 24.3 Å². The topological polar surface area (TPSA) is 251 Å². The van der Waals surface area contributed by atoms with Crippen molar-refractivity contribution in [2.45, 2.75) is 50.4 Å². The van der Waals surface area contributed by atoms with Crippen molar-refractivity contribution in [2.75, 3.05) is 13.1 Å². The number of aliphatic imine (C=N–C) groups is 1. The van der Waals surface area contributed by atoms with E-state index in [1.54, 1.807) is 6.20 Å². The molecule has 0 aliphatic rings. The average molecular weight is 519 g/mol. The number of H-pyrrole nitrogens is 1. The summed E-state index contributed by atoms with van der Waals surface area (Å²) in [6.07, 6.45) is 1.08. The van der Waals surface area contributed by atoms with Crippen LogP contribution >= 0.6 is 0 Å². The predicted molar refractivity (Wildman–Crippen MR) is 136 cm³/mol. The molecule has 4 atom stereocenters. The summed E-state index contributed by atoms with van der Waals surface area (Å²) >= 11 is 0. The number of aliphatic hydroxyl groups is 1. The summed E-state index contributed by atoms with van der Waals surface area (Å²) in [5, 5.41) is 26.8. The monoisotopic (exact) mass is 518 g/mol. The maximum Gasteiger partial charge on any atom is 0.322 e. The van der Waals surface area contributed by atoms with Crippen LogP contribution in [0.15, 0.2) is 35.5 Å². The number of amides is 3. The summed E-state index contributed by atoms with van der Waals surface area (Å²) in [6.45, 7) is 0.858. The molecule has 1 aromatic heterocycles. The molecule has 0 bridgehead atoms. The van der Waals surface area contributed by atoms with Gasteiger partial charge in [0.25, 0.3) is 0 Å². The summed E-state index contributed by atoms with van der Waals surface area (Å²) in [4.78, 5) is 56.1. The number of guanidine groups is 1. The van der Waals surface area contributed by atoms with Gasteiger partial charge in [-0.15, -0.1) is 0 Å². The number of nitrogens with two attached hydrogens (primary N) is 3. The number of para-hydroxylation sites is 1. The minimum atomic E-state index is -1.46. The standard InChI is InChI=1S/C23H34N8O6/c1-12(32)19(22(37)29-11-18(33)34)31-21(36)17(9-13-10-28-16-7-3-2-5-14(13)16)30-20(35)15(24)6-4-8-27-23(25)26/h2-3,5,7,10,12,15,17,19,28,32H,4,6,8-9,11,24H2,1H3,(H,29,37)(H,30,35)(H,31,36)(H,33,34)(H4,25,26,27). The molecule has 1 heterocycles. The lowest BCUT2D eigenvalue weighted by molar-refractivity contribution is -0.139. The number of aliphatic carboxylic acids is 1. The van der Waals surface area contributed by atoms with Crippen molar-refractivity contribution in [2.24, 2.45) is 22.2 Å². The second kappa shape index (κ2) is 13.8. The molecule has 12 N–H and O–H groups in total. The minimum Gasteiger partial charge on any atom is -0.480 e. The zero-order valence-electron chi connectivity index (χ0n) is 20.4. The van der Waals surface area contributed by atoms with Gasteiger partial charge >= 0.3 is 5.97 Å². The maximum absolute atomic E-state index is 13.2. The van der Waals surface area contributed by atoms with E-state index in [0.717, 1.165) is 16.5 Å². The van der Waals surface area contributed by atoms with Gasteiger partial charge in [0.15, 0.2) is 5.96 Å². The zero-order chi connectivity index (χ0) is 27.5. The zero-order valence-corrected chi connectivity index (χ0v) is 20.4. The number of rotatable bonds is 14. The van der Waals surface area contributed by atoms with E-state index in [1.165, 1.54) is 6.92 Å². The maximum atomic E-state index is 13.2. The van der Waals surface area contributed by atoms with Crippen LogP contribution in [-0.4, -0.2) is 82.2 Å². The minimum absolute atomic E-state index is 0.0472. The van der Waals surface area contributed by atoms with Gasteiger partial charge in [0.05, 0.1) is 12.1 Å². The molecule has 14 nitrogen and oxygen atoms in total. The van der Waals surface area contributed by atoms with Gasteiger partial charge in [0.1, 0.15) is 18.6 Å². The Morgan fingerprint density at radius 2 is 1.78 bits per heavy atom. The molecule has 2 rings (SSSR count). The lowest BCUT2D eigenvalue weighted by Gasteiger charge is -2.25.